The number of hydrogen-bond donors (Lipinski definition) is 2. The number of aliphatic hydroxyl groups excluding tert-OH is 1. The van der Waals surface area contributed by atoms with Gasteiger partial charge in [0.25, 0.3) is 5.91 Å². The third-order valence-corrected chi connectivity index (χ3v) is 2.36. The molecule has 0 aromatic carbocycles. The summed E-state index contributed by atoms with van der Waals surface area (Å²) in [6, 6.07) is 0. The van der Waals surface area contributed by atoms with Crippen molar-refractivity contribution in [2.75, 3.05) is 6.61 Å². The maximum absolute atomic E-state index is 10.7. The van der Waals surface area contributed by atoms with Gasteiger partial charge >= 0.3 is 0 Å². The molecule has 1 amide bonds. The fraction of sp³-hybridized carbons (Fsp3) is 0.667. The Morgan fingerprint density at radius 1 is 1.73 bits per heavy atom. The molecule has 1 heterocycles. The number of primary amides is 1. The summed E-state index contributed by atoms with van der Waals surface area (Å²) in [6.07, 6.45) is 3.21. The molecule has 1 rings (SSSR count). The minimum absolute atomic E-state index is 0.0343. The molecule has 0 aliphatic carbocycles. The second kappa shape index (κ2) is 5.45. The van der Waals surface area contributed by atoms with Gasteiger partial charge in [0.15, 0.2) is 0 Å². The number of aliphatic hydroxyl groups is 1. The van der Waals surface area contributed by atoms with E-state index >= 15 is 0 Å². The predicted molar refractivity (Wildman–Crippen MR) is 54.0 cm³/mol. The molecule has 0 bridgehead atoms. The largest absolute Gasteiger partial charge is 0.396 e. The fourth-order valence-electron chi connectivity index (χ4n) is 1.25. The summed E-state index contributed by atoms with van der Waals surface area (Å²) in [5.41, 5.74) is 5.02. The van der Waals surface area contributed by atoms with Crippen molar-refractivity contribution in [3.63, 3.8) is 0 Å². The summed E-state index contributed by atoms with van der Waals surface area (Å²) >= 11 is 0. The molecule has 1 aromatic rings. The molecule has 15 heavy (non-hydrogen) atoms. The minimum atomic E-state index is -0.622. The molecule has 84 valence electrons. The number of nitrogens with zero attached hydrogens (tertiary/aromatic N) is 3. The SMILES string of the molecule is CC[C@@H](CO)CCn1cnc(C(N)=O)n1. The molecule has 3 N–H and O–H groups in total. The van der Waals surface area contributed by atoms with Crippen LogP contribution in [0.25, 0.3) is 0 Å². The van der Waals surface area contributed by atoms with Crippen molar-refractivity contribution in [2.24, 2.45) is 11.7 Å². The first kappa shape index (κ1) is 11.6. The third-order valence-electron chi connectivity index (χ3n) is 2.36. The number of amides is 1. The monoisotopic (exact) mass is 212 g/mol. The molecule has 6 nitrogen and oxygen atoms in total. The third kappa shape index (κ3) is 3.32. The quantitative estimate of drug-likeness (QED) is 0.682. The van der Waals surface area contributed by atoms with E-state index in [1.165, 1.54) is 6.33 Å². The molecule has 0 aliphatic rings. The molecule has 0 radical (unpaired) electrons. The number of aryl methyl sites for hydroxylation is 1. The van der Waals surface area contributed by atoms with Crippen molar-refractivity contribution >= 4 is 5.91 Å². The molecular formula is C9H16N4O2. The summed E-state index contributed by atoms with van der Waals surface area (Å²) in [5, 5.41) is 12.9. The van der Waals surface area contributed by atoms with E-state index in [0.29, 0.717) is 6.54 Å². The Labute approximate surface area is 88.1 Å². The van der Waals surface area contributed by atoms with Crippen LogP contribution in [0.1, 0.15) is 30.4 Å². The summed E-state index contributed by atoms with van der Waals surface area (Å²) in [5.74, 6) is -0.318. The Kier molecular flexibility index (Phi) is 4.23. The lowest BCUT2D eigenvalue weighted by Crippen LogP contribution is -2.14. The average molecular weight is 212 g/mol. The first-order chi connectivity index (χ1) is 7.17. The van der Waals surface area contributed by atoms with Crippen LogP contribution in [0.15, 0.2) is 6.33 Å². The van der Waals surface area contributed by atoms with Gasteiger partial charge in [-0.25, -0.2) is 4.98 Å². The highest BCUT2D eigenvalue weighted by Gasteiger charge is 2.08. The second-order valence-corrected chi connectivity index (χ2v) is 3.44. The van der Waals surface area contributed by atoms with E-state index in [9.17, 15) is 4.79 Å². The molecule has 0 saturated heterocycles. The maximum Gasteiger partial charge on any atom is 0.288 e. The Hall–Kier alpha value is -1.43. The van der Waals surface area contributed by atoms with Gasteiger partial charge in [-0.1, -0.05) is 13.3 Å². The van der Waals surface area contributed by atoms with Crippen LogP contribution in [-0.2, 0) is 6.54 Å². The molecule has 0 fully saturated rings. The molecule has 1 atom stereocenters. The summed E-state index contributed by atoms with van der Waals surface area (Å²) < 4.78 is 1.57. The molecule has 1 aromatic heterocycles. The Morgan fingerprint density at radius 3 is 2.93 bits per heavy atom. The van der Waals surface area contributed by atoms with Gasteiger partial charge in [0.05, 0.1) is 0 Å². The summed E-state index contributed by atoms with van der Waals surface area (Å²) in [4.78, 5) is 14.5. The lowest BCUT2D eigenvalue weighted by atomic mass is 10.0. The zero-order valence-corrected chi connectivity index (χ0v) is 8.76. The second-order valence-electron chi connectivity index (χ2n) is 3.44. The smallest absolute Gasteiger partial charge is 0.288 e. The van der Waals surface area contributed by atoms with Gasteiger partial charge in [-0.2, -0.15) is 0 Å². The normalized spacial score (nSPS) is 12.7. The van der Waals surface area contributed by atoms with Crippen LogP contribution in [0.4, 0.5) is 0 Å². The Balaban J connectivity index is 2.47. The maximum atomic E-state index is 10.7. The highest BCUT2D eigenvalue weighted by atomic mass is 16.3. The van der Waals surface area contributed by atoms with Crippen LogP contribution < -0.4 is 5.73 Å². The van der Waals surface area contributed by atoms with E-state index < -0.39 is 5.91 Å². The van der Waals surface area contributed by atoms with Gasteiger partial charge in [0.2, 0.25) is 5.82 Å². The van der Waals surface area contributed by atoms with Crippen LogP contribution in [0, 0.1) is 5.92 Å². The minimum Gasteiger partial charge on any atom is -0.396 e. The fourth-order valence-corrected chi connectivity index (χ4v) is 1.25. The lowest BCUT2D eigenvalue weighted by Gasteiger charge is -2.10. The van der Waals surface area contributed by atoms with Gasteiger partial charge < -0.3 is 10.8 Å². The number of hydrogen-bond acceptors (Lipinski definition) is 4. The number of rotatable bonds is 6. The van der Waals surface area contributed by atoms with E-state index in [-0.39, 0.29) is 18.3 Å². The van der Waals surface area contributed by atoms with Crippen LogP contribution >= 0.6 is 0 Å². The highest BCUT2D eigenvalue weighted by molar-refractivity contribution is 5.88. The standard InChI is InChI=1S/C9H16N4O2/c1-2-7(5-14)3-4-13-6-11-9(12-13)8(10)15/h6-7,14H,2-5H2,1H3,(H2,10,15)/t7-/m1/s1. The van der Waals surface area contributed by atoms with Crippen LogP contribution in [0.5, 0.6) is 0 Å². The lowest BCUT2D eigenvalue weighted by molar-refractivity contribution is 0.0990. The number of aromatic nitrogens is 3. The summed E-state index contributed by atoms with van der Waals surface area (Å²) in [6.45, 7) is 2.84. The molecule has 0 saturated carbocycles. The zero-order valence-electron chi connectivity index (χ0n) is 8.76. The zero-order chi connectivity index (χ0) is 11.3. The Morgan fingerprint density at radius 2 is 2.47 bits per heavy atom. The van der Waals surface area contributed by atoms with Crippen molar-refractivity contribution in [1.29, 1.82) is 0 Å². The van der Waals surface area contributed by atoms with Gasteiger partial charge in [-0.15, -0.1) is 5.10 Å². The van der Waals surface area contributed by atoms with Gasteiger partial charge in [-0.05, 0) is 12.3 Å². The number of carbonyl (C=O) groups is 1. The topological polar surface area (TPSA) is 94.0 Å². The van der Waals surface area contributed by atoms with Gasteiger partial charge in [0.1, 0.15) is 6.33 Å². The Bertz CT molecular complexity index is 320. The first-order valence-electron chi connectivity index (χ1n) is 4.97. The van der Waals surface area contributed by atoms with Crippen molar-refractivity contribution in [1.82, 2.24) is 14.8 Å². The van der Waals surface area contributed by atoms with Crippen molar-refractivity contribution in [3.05, 3.63) is 12.2 Å². The average Bonchev–Trinajstić information content (AvgIpc) is 2.68. The van der Waals surface area contributed by atoms with E-state index in [1.54, 1.807) is 4.68 Å². The molecule has 0 aliphatic heterocycles. The molecule has 0 unspecified atom stereocenters. The molecule has 0 spiro atoms. The van der Waals surface area contributed by atoms with Crippen LogP contribution in [-0.4, -0.2) is 32.4 Å². The molecular weight excluding hydrogens is 196 g/mol. The van der Waals surface area contributed by atoms with Crippen molar-refractivity contribution in [3.8, 4) is 0 Å². The van der Waals surface area contributed by atoms with Gasteiger partial charge in [-0.3, -0.25) is 9.48 Å². The van der Waals surface area contributed by atoms with Gasteiger partial charge in [0, 0.05) is 13.2 Å². The molecule has 6 heteroatoms. The van der Waals surface area contributed by atoms with E-state index in [4.69, 9.17) is 10.8 Å². The van der Waals surface area contributed by atoms with Crippen LogP contribution in [0.2, 0.25) is 0 Å². The number of carbonyl (C=O) groups excluding carboxylic acids is 1. The van der Waals surface area contributed by atoms with Crippen LogP contribution in [0.3, 0.4) is 0 Å². The number of nitrogens with two attached hydrogens (primary N) is 1. The highest BCUT2D eigenvalue weighted by Crippen LogP contribution is 2.07. The van der Waals surface area contributed by atoms with E-state index in [1.807, 2.05) is 6.92 Å². The first-order valence-corrected chi connectivity index (χ1v) is 4.97. The van der Waals surface area contributed by atoms with Crippen molar-refractivity contribution < 1.29 is 9.90 Å². The van der Waals surface area contributed by atoms with E-state index in [2.05, 4.69) is 10.1 Å². The van der Waals surface area contributed by atoms with Crippen molar-refractivity contribution in [2.45, 2.75) is 26.3 Å². The summed E-state index contributed by atoms with van der Waals surface area (Å²) in [7, 11) is 0. The predicted octanol–water partition coefficient (Wildman–Crippen LogP) is -0.214. The van der Waals surface area contributed by atoms with E-state index in [0.717, 1.165) is 12.8 Å².